The Morgan fingerprint density at radius 2 is 1.95 bits per heavy atom. The molecule has 0 saturated heterocycles. The molecule has 11 heteroatoms. The zero-order valence-electron chi connectivity index (χ0n) is 23.1. The Morgan fingerprint density at radius 1 is 1.12 bits per heavy atom. The average molecular weight is 574 g/mol. The second-order valence-electron chi connectivity index (χ2n) is 10.5. The Balaban J connectivity index is 1.19. The number of fused-ring (bicyclic) bond motifs is 2. The number of anilines is 1. The predicted molar refractivity (Wildman–Crippen MR) is 154 cm³/mol. The zero-order valence-corrected chi connectivity index (χ0v) is 23.9. The number of carbonyl (C=O) groups is 1. The summed E-state index contributed by atoms with van der Waals surface area (Å²) in [6.45, 7) is 2.08. The van der Waals surface area contributed by atoms with Crippen LogP contribution in [0.4, 0.5) is 5.82 Å². The van der Waals surface area contributed by atoms with Crippen molar-refractivity contribution in [2.45, 2.75) is 48.8 Å². The van der Waals surface area contributed by atoms with Crippen molar-refractivity contribution in [2.75, 3.05) is 25.7 Å². The lowest BCUT2D eigenvalue weighted by Crippen LogP contribution is -2.25. The summed E-state index contributed by atoms with van der Waals surface area (Å²) in [5, 5.41) is 3.04. The smallest absolute Gasteiger partial charge is 0.251 e. The molecule has 6 rings (SSSR count). The zero-order chi connectivity index (χ0) is 28.7. The van der Waals surface area contributed by atoms with Crippen LogP contribution in [0.3, 0.4) is 0 Å². The van der Waals surface area contributed by atoms with E-state index in [1.807, 2.05) is 43.4 Å². The van der Waals surface area contributed by atoms with Crippen molar-refractivity contribution in [3.05, 3.63) is 77.6 Å². The minimum absolute atomic E-state index is 0.121. The summed E-state index contributed by atoms with van der Waals surface area (Å²) >= 11 is 0. The first-order chi connectivity index (χ1) is 19.7. The Hall–Kier alpha value is -3.93. The molecule has 4 aromatic rings. The third-order valence-electron chi connectivity index (χ3n) is 7.69. The van der Waals surface area contributed by atoms with Crippen molar-refractivity contribution in [3.8, 4) is 11.4 Å². The van der Waals surface area contributed by atoms with Gasteiger partial charge in [0.1, 0.15) is 5.82 Å². The number of aromatic nitrogens is 3. The Morgan fingerprint density at radius 3 is 2.76 bits per heavy atom. The summed E-state index contributed by atoms with van der Waals surface area (Å²) in [5.41, 5.74) is 3.67. The number of ether oxygens (including phenoxy) is 2. The van der Waals surface area contributed by atoms with Gasteiger partial charge in [0.15, 0.2) is 9.84 Å². The Kier molecular flexibility index (Phi) is 7.18. The first kappa shape index (κ1) is 27.3. The number of sulfone groups is 1. The monoisotopic (exact) mass is 573 g/mol. The molecule has 10 nitrogen and oxygen atoms in total. The first-order valence-corrected chi connectivity index (χ1v) is 15.0. The van der Waals surface area contributed by atoms with Gasteiger partial charge in [-0.1, -0.05) is 12.1 Å². The van der Waals surface area contributed by atoms with Gasteiger partial charge in [0.25, 0.3) is 5.91 Å². The summed E-state index contributed by atoms with van der Waals surface area (Å²) in [6, 6.07) is 16.6. The first-order valence-electron chi connectivity index (χ1n) is 13.5. The van der Waals surface area contributed by atoms with Crippen molar-refractivity contribution < 1.29 is 22.7 Å². The third kappa shape index (κ3) is 5.40. The molecule has 1 aliphatic heterocycles. The fraction of sp³-hybridized carbons (Fsp3) is 0.333. The number of hydrogen-bond donors (Lipinski definition) is 1. The molecule has 212 valence electrons. The fourth-order valence-electron chi connectivity index (χ4n) is 5.04. The number of methoxy groups -OCH3 is 1. The number of pyridine rings is 3. The number of rotatable bonds is 7. The van der Waals surface area contributed by atoms with Crippen LogP contribution in [0.15, 0.2) is 65.7 Å². The van der Waals surface area contributed by atoms with E-state index in [-0.39, 0.29) is 42.2 Å². The molecule has 2 aliphatic rings. The van der Waals surface area contributed by atoms with E-state index in [9.17, 15) is 13.2 Å². The van der Waals surface area contributed by atoms with Gasteiger partial charge in [-0.15, -0.1) is 0 Å². The molecule has 0 bridgehead atoms. The molecule has 0 radical (unpaired) electrons. The quantitative estimate of drug-likeness (QED) is 0.354. The average Bonchev–Trinajstić information content (AvgIpc) is 3.80. The van der Waals surface area contributed by atoms with E-state index in [2.05, 4.69) is 15.2 Å². The van der Waals surface area contributed by atoms with Crippen molar-refractivity contribution >= 4 is 32.5 Å². The van der Waals surface area contributed by atoms with Crippen LogP contribution in [0.1, 0.15) is 35.0 Å². The maximum Gasteiger partial charge on any atom is 0.251 e. The van der Waals surface area contributed by atoms with E-state index in [4.69, 9.17) is 19.4 Å². The molecule has 0 unspecified atom stereocenters. The molecular weight excluding hydrogens is 542 g/mol. The van der Waals surface area contributed by atoms with Crippen molar-refractivity contribution in [2.24, 2.45) is 0 Å². The predicted octanol–water partition coefficient (Wildman–Crippen LogP) is 3.54. The molecule has 3 aromatic heterocycles. The van der Waals surface area contributed by atoms with Gasteiger partial charge in [0.05, 0.1) is 64.6 Å². The minimum atomic E-state index is -3.58. The number of likely N-dealkylation sites (N-methyl/N-ethyl adjacent to an activating group) is 1. The summed E-state index contributed by atoms with van der Waals surface area (Å²) in [6.07, 6.45) is 2.94. The van der Waals surface area contributed by atoms with Crippen LogP contribution in [0.5, 0.6) is 0 Å². The number of nitrogens with one attached hydrogen (secondary N) is 1. The standard InChI is InChI=1S/C30H31N5O5S/c1-18-16-40-17-21-8-7-19(11-28(21)41(18,37)38)30(36)32-15-22-12-25-20(14-31-22)9-10-24(33-25)23-5-4-6-29(34-23)35(2)26-13-27(26)39-3/h4-12,14,18,26-27H,13,15-17H2,1-3H3,(H,32,36)/t18-,26-,27+/m0/s1. The largest absolute Gasteiger partial charge is 0.379 e. The number of amides is 1. The van der Waals surface area contributed by atoms with Crippen LogP contribution in [-0.2, 0) is 32.5 Å². The number of nitrogens with zero attached hydrogens (tertiary/aromatic N) is 4. The molecule has 3 atom stereocenters. The van der Waals surface area contributed by atoms with Gasteiger partial charge < -0.3 is 19.7 Å². The highest BCUT2D eigenvalue weighted by Crippen LogP contribution is 2.33. The van der Waals surface area contributed by atoms with Gasteiger partial charge in [-0.25, -0.2) is 18.4 Å². The molecule has 1 N–H and O–H groups in total. The summed E-state index contributed by atoms with van der Waals surface area (Å²) in [4.78, 5) is 29.4. The lowest BCUT2D eigenvalue weighted by atomic mass is 10.1. The lowest BCUT2D eigenvalue weighted by Gasteiger charge is -2.18. The highest BCUT2D eigenvalue weighted by atomic mass is 32.2. The van der Waals surface area contributed by atoms with E-state index >= 15 is 0 Å². The van der Waals surface area contributed by atoms with Crippen LogP contribution in [0, 0.1) is 0 Å². The van der Waals surface area contributed by atoms with E-state index in [1.165, 1.54) is 6.07 Å². The molecule has 1 aliphatic carbocycles. The Bertz CT molecular complexity index is 1740. The Labute approximate surface area is 238 Å². The maximum atomic E-state index is 13.0. The minimum Gasteiger partial charge on any atom is -0.379 e. The second-order valence-corrected chi connectivity index (χ2v) is 12.8. The second kappa shape index (κ2) is 10.8. The van der Waals surface area contributed by atoms with Gasteiger partial charge >= 0.3 is 0 Å². The van der Waals surface area contributed by atoms with Crippen LogP contribution < -0.4 is 10.2 Å². The van der Waals surface area contributed by atoms with E-state index in [0.29, 0.717) is 17.3 Å². The van der Waals surface area contributed by atoms with E-state index < -0.39 is 15.1 Å². The molecular formula is C30H31N5O5S. The summed E-state index contributed by atoms with van der Waals surface area (Å²) in [7, 11) is 0.170. The van der Waals surface area contributed by atoms with Gasteiger partial charge in [-0.05, 0) is 61.4 Å². The van der Waals surface area contributed by atoms with Gasteiger partial charge in [-0.3, -0.25) is 9.78 Å². The number of carbonyl (C=O) groups excluding carboxylic acids is 1. The molecule has 1 saturated carbocycles. The van der Waals surface area contributed by atoms with Gasteiger partial charge in [0.2, 0.25) is 0 Å². The lowest BCUT2D eigenvalue weighted by molar-refractivity contribution is 0.0950. The molecule has 41 heavy (non-hydrogen) atoms. The molecule has 1 aromatic carbocycles. The topological polar surface area (TPSA) is 124 Å². The summed E-state index contributed by atoms with van der Waals surface area (Å²) < 4.78 is 36.7. The van der Waals surface area contributed by atoms with Crippen molar-refractivity contribution in [3.63, 3.8) is 0 Å². The fourth-order valence-corrected chi connectivity index (χ4v) is 6.54. The van der Waals surface area contributed by atoms with Crippen molar-refractivity contribution in [1.82, 2.24) is 20.3 Å². The summed E-state index contributed by atoms with van der Waals surface area (Å²) in [5.74, 6) is 0.473. The molecule has 1 fully saturated rings. The van der Waals surface area contributed by atoms with E-state index in [1.54, 1.807) is 32.4 Å². The van der Waals surface area contributed by atoms with Crippen molar-refractivity contribution in [1.29, 1.82) is 0 Å². The van der Waals surface area contributed by atoms with Crippen LogP contribution >= 0.6 is 0 Å². The van der Waals surface area contributed by atoms with Gasteiger partial charge in [0, 0.05) is 31.3 Å². The van der Waals surface area contributed by atoms with Crippen LogP contribution in [0.2, 0.25) is 0 Å². The molecule has 1 amide bonds. The number of benzene rings is 1. The normalized spacial score (nSPS) is 21.1. The van der Waals surface area contributed by atoms with Crippen LogP contribution in [0.25, 0.3) is 22.3 Å². The maximum absolute atomic E-state index is 13.0. The highest BCUT2D eigenvalue weighted by molar-refractivity contribution is 7.92. The molecule has 4 heterocycles. The van der Waals surface area contributed by atoms with E-state index in [0.717, 1.165) is 34.5 Å². The third-order valence-corrected chi connectivity index (χ3v) is 9.88. The highest BCUT2D eigenvalue weighted by Gasteiger charge is 2.41. The SMILES string of the molecule is CO[C@@H]1C[C@@H]1N(C)c1cccc(-c2ccc3cnc(CNC(=O)c4ccc5c(c4)S(=O)(=O)[C@@H](C)COC5)cc3n2)n1. The van der Waals surface area contributed by atoms with Gasteiger partial charge in [-0.2, -0.15) is 0 Å². The van der Waals surface area contributed by atoms with Crippen LogP contribution in [-0.4, -0.2) is 67.4 Å². The number of hydrogen-bond acceptors (Lipinski definition) is 9. The molecule has 0 spiro atoms.